The van der Waals surface area contributed by atoms with E-state index in [9.17, 15) is 22.8 Å². The predicted octanol–water partition coefficient (Wildman–Crippen LogP) is 4.20. The molecule has 164 valence electrons. The Morgan fingerprint density at radius 1 is 1.00 bits per heavy atom. The summed E-state index contributed by atoms with van der Waals surface area (Å²) in [5.41, 5.74) is 0.994. The Morgan fingerprint density at radius 2 is 1.71 bits per heavy atom. The molecule has 0 saturated heterocycles. The molecule has 2 aliphatic carbocycles. The molecule has 2 amide bonds. The van der Waals surface area contributed by atoms with Crippen molar-refractivity contribution in [3.8, 4) is 0 Å². The minimum atomic E-state index is -4.43. The van der Waals surface area contributed by atoms with Crippen LogP contribution in [0.3, 0.4) is 0 Å². The lowest BCUT2D eigenvalue weighted by Gasteiger charge is -2.23. The number of benzene rings is 2. The molecule has 0 heterocycles. The third-order valence-corrected chi connectivity index (χ3v) is 5.42. The van der Waals surface area contributed by atoms with Crippen LogP contribution in [0.2, 0.25) is 0 Å². The van der Waals surface area contributed by atoms with Crippen molar-refractivity contribution >= 4 is 17.5 Å². The molecule has 2 aliphatic rings. The van der Waals surface area contributed by atoms with Crippen LogP contribution >= 0.6 is 0 Å². The number of nitrogens with zero attached hydrogens (tertiary/aromatic N) is 1. The van der Waals surface area contributed by atoms with Crippen molar-refractivity contribution in [1.29, 1.82) is 0 Å². The van der Waals surface area contributed by atoms with E-state index in [-0.39, 0.29) is 30.1 Å². The maximum atomic E-state index is 12.9. The lowest BCUT2D eigenvalue weighted by atomic mass is 10.1. The number of carbonyl (C=O) groups is 2. The molecule has 5 nitrogen and oxygen atoms in total. The molecule has 2 saturated carbocycles. The third kappa shape index (κ3) is 5.77. The standard InChI is InChI=1S/C23H24F3N3O2/c24-23(25,26)17-2-1-3-19(12-17)27-13-21(30)29(20-10-11-20)14-15-4-6-16(7-5-15)22(31)28-18-8-9-18/h1-7,12,18,20,27H,8-11,13-14H2,(H,28,31). The minimum absolute atomic E-state index is 0.0836. The number of carbonyl (C=O) groups excluding carboxylic acids is 2. The summed E-state index contributed by atoms with van der Waals surface area (Å²) in [7, 11) is 0. The maximum absolute atomic E-state index is 12.9. The number of hydrogen-bond acceptors (Lipinski definition) is 3. The van der Waals surface area contributed by atoms with Crippen LogP contribution in [0.15, 0.2) is 48.5 Å². The second-order valence-corrected chi connectivity index (χ2v) is 8.13. The summed E-state index contributed by atoms with van der Waals surface area (Å²) in [5.74, 6) is -0.259. The normalized spacial score (nSPS) is 16.0. The van der Waals surface area contributed by atoms with E-state index in [0.717, 1.165) is 43.4 Å². The number of rotatable bonds is 8. The molecule has 0 radical (unpaired) electrons. The zero-order chi connectivity index (χ0) is 22.0. The van der Waals surface area contributed by atoms with E-state index in [1.54, 1.807) is 17.0 Å². The van der Waals surface area contributed by atoms with Crippen LogP contribution in [-0.4, -0.2) is 35.3 Å². The molecule has 2 aromatic carbocycles. The SMILES string of the molecule is O=C(NC1CC1)c1ccc(CN(C(=O)CNc2cccc(C(F)(F)F)c2)C2CC2)cc1. The highest BCUT2D eigenvalue weighted by Gasteiger charge is 2.33. The van der Waals surface area contributed by atoms with Gasteiger partial charge < -0.3 is 15.5 Å². The number of anilines is 1. The van der Waals surface area contributed by atoms with Crippen molar-refractivity contribution in [3.63, 3.8) is 0 Å². The zero-order valence-corrected chi connectivity index (χ0v) is 16.9. The van der Waals surface area contributed by atoms with Crippen LogP contribution in [0.25, 0.3) is 0 Å². The molecule has 0 unspecified atom stereocenters. The molecule has 31 heavy (non-hydrogen) atoms. The summed E-state index contributed by atoms with van der Waals surface area (Å²) in [5, 5.41) is 5.75. The van der Waals surface area contributed by atoms with Crippen molar-refractivity contribution in [3.05, 3.63) is 65.2 Å². The van der Waals surface area contributed by atoms with E-state index in [2.05, 4.69) is 10.6 Å². The van der Waals surface area contributed by atoms with Crippen molar-refractivity contribution in [2.75, 3.05) is 11.9 Å². The second-order valence-electron chi connectivity index (χ2n) is 8.13. The minimum Gasteiger partial charge on any atom is -0.376 e. The van der Waals surface area contributed by atoms with E-state index in [1.807, 2.05) is 12.1 Å². The first kappa shape index (κ1) is 21.2. The van der Waals surface area contributed by atoms with Crippen LogP contribution in [0.5, 0.6) is 0 Å². The van der Waals surface area contributed by atoms with Crippen molar-refractivity contribution in [2.24, 2.45) is 0 Å². The summed E-state index contributed by atoms with van der Waals surface area (Å²) in [6.07, 6.45) is -0.550. The van der Waals surface area contributed by atoms with Crippen LogP contribution in [0, 0.1) is 0 Å². The van der Waals surface area contributed by atoms with E-state index >= 15 is 0 Å². The largest absolute Gasteiger partial charge is 0.416 e. The highest BCUT2D eigenvalue weighted by Crippen LogP contribution is 2.31. The molecule has 0 bridgehead atoms. The van der Waals surface area contributed by atoms with E-state index in [4.69, 9.17) is 0 Å². The van der Waals surface area contributed by atoms with Gasteiger partial charge in [0.05, 0.1) is 12.1 Å². The fourth-order valence-electron chi connectivity index (χ4n) is 3.35. The summed E-state index contributed by atoms with van der Waals surface area (Å²) in [6.45, 7) is 0.317. The number of nitrogens with one attached hydrogen (secondary N) is 2. The van der Waals surface area contributed by atoms with E-state index in [0.29, 0.717) is 18.2 Å². The second kappa shape index (κ2) is 8.61. The van der Waals surface area contributed by atoms with Crippen LogP contribution in [0.1, 0.15) is 47.2 Å². The van der Waals surface area contributed by atoms with Crippen molar-refractivity contribution < 1.29 is 22.8 Å². The highest BCUT2D eigenvalue weighted by molar-refractivity contribution is 5.94. The Balaban J connectivity index is 1.35. The molecule has 0 spiro atoms. The molecule has 2 N–H and O–H groups in total. The molecule has 0 aliphatic heterocycles. The van der Waals surface area contributed by atoms with Gasteiger partial charge in [0.1, 0.15) is 0 Å². The average Bonchev–Trinajstić information content (AvgIpc) is 3.65. The Bertz CT molecular complexity index is 951. The fraction of sp³-hybridized carbons (Fsp3) is 0.391. The van der Waals surface area contributed by atoms with Crippen LogP contribution < -0.4 is 10.6 Å². The molecule has 2 aromatic rings. The zero-order valence-electron chi connectivity index (χ0n) is 16.9. The Labute approximate surface area is 178 Å². The quantitative estimate of drug-likeness (QED) is 0.659. The number of hydrogen-bond donors (Lipinski definition) is 2. The van der Waals surface area contributed by atoms with Gasteiger partial charge in [-0.3, -0.25) is 9.59 Å². The maximum Gasteiger partial charge on any atom is 0.416 e. The number of alkyl halides is 3. The summed E-state index contributed by atoms with van der Waals surface area (Å²) in [6, 6.07) is 12.4. The number of amides is 2. The van der Waals surface area contributed by atoms with Gasteiger partial charge in [-0.2, -0.15) is 13.2 Å². The molecular weight excluding hydrogens is 407 g/mol. The third-order valence-electron chi connectivity index (χ3n) is 5.42. The molecule has 8 heteroatoms. The lowest BCUT2D eigenvalue weighted by Crippen LogP contribution is -2.36. The van der Waals surface area contributed by atoms with Gasteiger partial charge in [0.15, 0.2) is 0 Å². The first-order valence-corrected chi connectivity index (χ1v) is 10.4. The first-order chi connectivity index (χ1) is 14.8. The Kier molecular flexibility index (Phi) is 5.89. The van der Waals surface area contributed by atoms with Gasteiger partial charge in [-0.15, -0.1) is 0 Å². The fourth-order valence-corrected chi connectivity index (χ4v) is 3.35. The van der Waals surface area contributed by atoms with Gasteiger partial charge in [0, 0.05) is 29.9 Å². The summed E-state index contributed by atoms with van der Waals surface area (Å²) >= 11 is 0. The predicted molar refractivity (Wildman–Crippen MR) is 110 cm³/mol. The summed E-state index contributed by atoms with van der Waals surface area (Å²) < 4.78 is 38.6. The summed E-state index contributed by atoms with van der Waals surface area (Å²) in [4.78, 5) is 26.6. The van der Waals surface area contributed by atoms with Gasteiger partial charge in [-0.05, 0) is 61.6 Å². The molecular formula is C23H24F3N3O2. The molecule has 0 atom stereocenters. The van der Waals surface area contributed by atoms with Crippen molar-refractivity contribution in [2.45, 2.75) is 50.5 Å². The van der Waals surface area contributed by atoms with Gasteiger partial charge in [-0.25, -0.2) is 0 Å². The lowest BCUT2D eigenvalue weighted by molar-refractivity contribution is -0.137. The Hall–Kier alpha value is -3.03. The monoisotopic (exact) mass is 431 g/mol. The first-order valence-electron chi connectivity index (χ1n) is 10.4. The average molecular weight is 431 g/mol. The van der Waals surface area contributed by atoms with Crippen LogP contribution in [-0.2, 0) is 17.5 Å². The van der Waals surface area contributed by atoms with Crippen molar-refractivity contribution in [1.82, 2.24) is 10.2 Å². The van der Waals surface area contributed by atoms with Gasteiger partial charge in [0.25, 0.3) is 5.91 Å². The van der Waals surface area contributed by atoms with Gasteiger partial charge >= 0.3 is 6.18 Å². The highest BCUT2D eigenvalue weighted by atomic mass is 19.4. The van der Waals surface area contributed by atoms with Gasteiger partial charge in [-0.1, -0.05) is 18.2 Å². The number of halogens is 3. The molecule has 4 rings (SSSR count). The van der Waals surface area contributed by atoms with Crippen LogP contribution in [0.4, 0.5) is 18.9 Å². The molecule has 0 aromatic heterocycles. The van der Waals surface area contributed by atoms with E-state index in [1.165, 1.54) is 12.1 Å². The molecule has 2 fully saturated rings. The van der Waals surface area contributed by atoms with Gasteiger partial charge in [0.2, 0.25) is 5.91 Å². The van der Waals surface area contributed by atoms with E-state index < -0.39 is 11.7 Å². The Morgan fingerprint density at radius 3 is 2.32 bits per heavy atom. The smallest absolute Gasteiger partial charge is 0.376 e. The topological polar surface area (TPSA) is 61.4 Å².